The van der Waals surface area contributed by atoms with Crippen molar-refractivity contribution in [2.24, 2.45) is 5.92 Å². The third-order valence-corrected chi connectivity index (χ3v) is 4.12. The topological polar surface area (TPSA) is 96.6 Å². The van der Waals surface area contributed by atoms with Crippen LogP contribution in [0.15, 0.2) is 48.5 Å². The van der Waals surface area contributed by atoms with Crippen LogP contribution in [0.4, 0.5) is 0 Å². The van der Waals surface area contributed by atoms with Crippen LogP contribution in [-0.2, 0) is 14.3 Å². The number of nitrogens with zero attached hydrogens (tertiary/aromatic N) is 1. The fourth-order valence-electron chi connectivity index (χ4n) is 2.70. The number of benzene rings is 2. The summed E-state index contributed by atoms with van der Waals surface area (Å²) in [6.45, 7) is 5.40. The molecular weight excluding hydrogens is 370 g/mol. The molecule has 0 aliphatic rings. The summed E-state index contributed by atoms with van der Waals surface area (Å²) in [4.78, 5) is 23.3. The first-order valence-electron chi connectivity index (χ1n) is 9.36. The van der Waals surface area contributed by atoms with E-state index in [9.17, 15) is 14.7 Å². The number of aliphatic carboxylic acids is 1. The number of carbonyl (C=O) groups excluding carboxylic acids is 1. The minimum atomic E-state index is -1.05. The third-order valence-electron chi connectivity index (χ3n) is 4.12. The predicted molar refractivity (Wildman–Crippen MR) is 108 cm³/mol. The fourth-order valence-corrected chi connectivity index (χ4v) is 2.70. The van der Waals surface area contributed by atoms with Gasteiger partial charge in [0.05, 0.1) is 30.6 Å². The lowest BCUT2D eigenvalue weighted by molar-refractivity contribution is -0.160. The van der Waals surface area contributed by atoms with Crippen molar-refractivity contribution >= 4 is 11.9 Å². The molecule has 0 aliphatic heterocycles. The third kappa shape index (κ3) is 7.30. The molecule has 0 amide bonds. The summed E-state index contributed by atoms with van der Waals surface area (Å²) in [5.41, 5.74) is 1.93. The van der Waals surface area contributed by atoms with Crippen LogP contribution in [0.25, 0.3) is 11.1 Å². The maximum Gasteiger partial charge on any atom is 0.307 e. The lowest BCUT2D eigenvalue weighted by Gasteiger charge is -2.21. The average molecular weight is 395 g/mol. The van der Waals surface area contributed by atoms with E-state index in [1.165, 1.54) is 0 Å². The highest BCUT2D eigenvalue weighted by Crippen LogP contribution is 2.23. The van der Waals surface area contributed by atoms with Gasteiger partial charge in [0.25, 0.3) is 0 Å². The van der Waals surface area contributed by atoms with Crippen LogP contribution in [0.5, 0.6) is 5.75 Å². The Morgan fingerprint density at radius 3 is 2.07 bits per heavy atom. The maximum atomic E-state index is 11.9. The van der Waals surface area contributed by atoms with E-state index < -0.39 is 23.5 Å². The highest BCUT2D eigenvalue weighted by molar-refractivity contribution is 5.79. The number of esters is 1. The Kier molecular flexibility index (Phi) is 7.38. The minimum absolute atomic E-state index is 0.177. The predicted octanol–water partition coefficient (Wildman–Crippen LogP) is 4.43. The van der Waals surface area contributed by atoms with Crippen molar-refractivity contribution in [3.63, 3.8) is 0 Å². The Bertz CT molecular complexity index is 873. The molecule has 0 bridgehead atoms. The molecule has 0 fully saturated rings. The number of nitriles is 1. The second-order valence-corrected chi connectivity index (χ2v) is 7.68. The maximum absolute atomic E-state index is 11.9. The molecule has 152 valence electrons. The van der Waals surface area contributed by atoms with Crippen molar-refractivity contribution in [1.82, 2.24) is 0 Å². The van der Waals surface area contributed by atoms with Gasteiger partial charge < -0.3 is 14.6 Å². The van der Waals surface area contributed by atoms with Gasteiger partial charge in [0, 0.05) is 0 Å². The van der Waals surface area contributed by atoms with Gasteiger partial charge in [0.1, 0.15) is 11.4 Å². The molecule has 0 heterocycles. The van der Waals surface area contributed by atoms with E-state index in [0.717, 1.165) is 11.1 Å². The molecule has 1 atom stereocenters. The van der Waals surface area contributed by atoms with Gasteiger partial charge in [-0.2, -0.15) is 5.26 Å². The second-order valence-electron chi connectivity index (χ2n) is 7.68. The number of hydrogen-bond donors (Lipinski definition) is 1. The van der Waals surface area contributed by atoms with Gasteiger partial charge in [-0.05, 0) is 62.6 Å². The van der Waals surface area contributed by atoms with Crippen LogP contribution in [-0.4, -0.2) is 29.3 Å². The molecule has 0 radical (unpaired) electrons. The molecule has 0 spiro atoms. The number of carboxylic acid groups (broad SMARTS) is 1. The Labute approximate surface area is 170 Å². The van der Waals surface area contributed by atoms with Crippen molar-refractivity contribution in [3.8, 4) is 22.9 Å². The molecule has 6 heteroatoms. The van der Waals surface area contributed by atoms with Crippen molar-refractivity contribution in [3.05, 3.63) is 54.1 Å². The quantitative estimate of drug-likeness (QED) is 0.664. The van der Waals surface area contributed by atoms with Gasteiger partial charge in [0.15, 0.2) is 0 Å². The van der Waals surface area contributed by atoms with E-state index in [0.29, 0.717) is 11.3 Å². The minimum Gasteiger partial charge on any atom is -0.494 e. The summed E-state index contributed by atoms with van der Waals surface area (Å²) in [6, 6.07) is 16.8. The molecule has 6 nitrogen and oxygen atoms in total. The van der Waals surface area contributed by atoms with E-state index in [4.69, 9.17) is 14.7 Å². The summed E-state index contributed by atoms with van der Waals surface area (Å²) < 4.78 is 10.8. The lowest BCUT2D eigenvalue weighted by Crippen LogP contribution is -2.28. The van der Waals surface area contributed by atoms with Gasteiger partial charge >= 0.3 is 11.9 Å². The standard InChI is InChI=1S/C23H25NO5/c1-23(2,3)29-21(25)14-19(22(26)27)12-13-28-20-10-8-18(9-11-20)17-6-4-16(15-24)5-7-17/h4-11,19H,12-14H2,1-3H3,(H,26,27). The average Bonchev–Trinajstić information content (AvgIpc) is 2.66. The highest BCUT2D eigenvalue weighted by Gasteiger charge is 2.25. The van der Waals surface area contributed by atoms with Gasteiger partial charge in [-0.15, -0.1) is 0 Å². The SMILES string of the molecule is CC(C)(C)OC(=O)CC(CCOc1ccc(-c2ccc(C#N)cc2)cc1)C(=O)O. The first-order valence-corrected chi connectivity index (χ1v) is 9.36. The molecule has 2 aromatic rings. The summed E-state index contributed by atoms with van der Waals surface area (Å²) in [5, 5.41) is 18.2. The van der Waals surface area contributed by atoms with Crippen LogP contribution >= 0.6 is 0 Å². The van der Waals surface area contributed by atoms with E-state index in [-0.39, 0.29) is 19.4 Å². The zero-order chi connectivity index (χ0) is 21.4. The zero-order valence-electron chi connectivity index (χ0n) is 16.8. The van der Waals surface area contributed by atoms with Crippen LogP contribution in [0, 0.1) is 17.2 Å². The molecular formula is C23H25NO5. The first-order chi connectivity index (χ1) is 13.7. The fraction of sp³-hybridized carbons (Fsp3) is 0.348. The number of ether oxygens (including phenoxy) is 2. The Hall–Kier alpha value is -3.33. The molecule has 29 heavy (non-hydrogen) atoms. The number of carboxylic acids is 1. The molecule has 0 saturated heterocycles. The van der Waals surface area contributed by atoms with Gasteiger partial charge in [-0.1, -0.05) is 24.3 Å². The molecule has 2 aromatic carbocycles. The molecule has 0 aliphatic carbocycles. The molecule has 0 aromatic heterocycles. The number of rotatable bonds is 8. The Morgan fingerprint density at radius 2 is 1.59 bits per heavy atom. The summed E-state index contributed by atoms with van der Waals surface area (Å²) in [6.07, 6.45) is 0.0134. The van der Waals surface area contributed by atoms with Crippen LogP contribution in [0.2, 0.25) is 0 Å². The highest BCUT2D eigenvalue weighted by atomic mass is 16.6. The van der Waals surface area contributed by atoms with Gasteiger partial charge in [0.2, 0.25) is 0 Å². The van der Waals surface area contributed by atoms with Crippen molar-refractivity contribution in [2.45, 2.75) is 39.2 Å². The molecule has 2 rings (SSSR count). The van der Waals surface area contributed by atoms with Crippen LogP contribution < -0.4 is 4.74 Å². The van der Waals surface area contributed by atoms with Gasteiger partial charge in [-0.25, -0.2) is 0 Å². The number of carbonyl (C=O) groups is 2. The summed E-state index contributed by atoms with van der Waals surface area (Å²) >= 11 is 0. The lowest BCUT2D eigenvalue weighted by atomic mass is 10.0. The summed E-state index contributed by atoms with van der Waals surface area (Å²) in [7, 11) is 0. The van der Waals surface area contributed by atoms with E-state index >= 15 is 0 Å². The monoisotopic (exact) mass is 395 g/mol. The van der Waals surface area contributed by atoms with E-state index in [1.807, 2.05) is 24.3 Å². The van der Waals surface area contributed by atoms with E-state index in [2.05, 4.69) is 6.07 Å². The molecule has 1 unspecified atom stereocenters. The largest absolute Gasteiger partial charge is 0.494 e. The van der Waals surface area contributed by atoms with Crippen LogP contribution in [0.3, 0.4) is 0 Å². The molecule has 0 saturated carbocycles. The normalized spacial score (nSPS) is 11.9. The summed E-state index contributed by atoms with van der Waals surface area (Å²) in [5.74, 6) is -1.82. The van der Waals surface area contributed by atoms with E-state index in [1.54, 1.807) is 45.0 Å². The van der Waals surface area contributed by atoms with Gasteiger partial charge in [-0.3, -0.25) is 9.59 Å². The number of hydrogen-bond acceptors (Lipinski definition) is 5. The Balaban J connectivity index is 1.88. The van der Waals surface area contributed by atoms with Crippen LogP contribution in [0.1, 0.15) is 39.2 Å². The first kappa shape index (κ1) is 22.0. The second kappa shape index (κ2) is 9.74. The Morgan fingerprint density at radius 1 is 1.03 bits per heavy atom. The smallest absolute Gasteiger partial charge is 0.307 e. The zero-order valence-corrected chi connectivity index (χ0v) is 16.8. The van der Waals surface area contributed by atoms with Crippen molar-refractivity contribution in [2.75, 3.05) is 6.61 Å². The molecule has 1 N–H and O–H groups in total. The van der Waals surface area contributed by atoms with Crippen molar-refractivity contribution in [1.29, 1.82) is 5.26 Å². The van der Waals surface area contributed by atoms with Crippen molar-refractivity contribution < 1.29 is 24.2 Å².